The molecule has 0 aromatic heterocycles. The van der Waals surface area contributed by atoms with Crippen molar-refractivity contribution in [3.63, 3.8) is 0 Å². The van der Waals surface area contributed by atoms with Gasteiger partial charge in [-0.25, -0.2) is 0 Å². The number of rotatable bonds is 9. The van der Waals surface area contributed by atoms with Gasteiger partial charge in [0, 0.05) is 28.2 Å². The Labute approximate surface area is 226 Å². The lowest BCUT2D eigenvalue weighted by Gasteiger charge is -2.27. The summed E-state index contributed by atoms with van der Waals surface area (Å²) >= 11 is 5.72. The number of nitrogens with one attached hydrogen (secondary N) is 2. The largest absolute Gasteiger partial charge is 0.417 e. The molecule has 0 heterocycles. The molecule has 1 aliphatic rings. The first kappa shape index (κ1) is 29.6. The first-order valence-corrected chi connectivity index (χ1v) is 14.0. The molecule has 0 spiro atoms. The maximum Gasteiger partial charge on any atom is 0.417 e. The van der Waals surface area contributed by atoms with Gasteiger partial charge >= 0.3 is 6.18 Å². The molecule has 1 saturated carbocycles. The Kier molecular flexibility index (Phi) is 10.3. The Morgan fingerprint density at radius 1 is 1.00 bits per heavy atom. The third kappa shape index (κ3) is 8.83. The molecule has 1 fully saturated rings. The van der Waals surface area contributed by atoms with Crippen LogP contribution in [0.2, 0.25) is 5.02 Å². The minimum Gasteiger partial charge on any atom is -0.352 e. The van der Waals surface area contributed by atoms with Gasteiger partial charge in [0.2, 0.25) is 17.7 Å². The number of hydrogen-bond acceptors (Lipinski definition) is 4. The second-order valence-corrected chi connectivity index (χ2v) is 11.1. The van der Waals surface area contributed by atoms with Crippen LogP contribution in [0.25, 0.3) is 0 Å². The topological polar surface area (TPSA) is 95.6 Å². The average Bonchev–Trinajstić information content (AvgIpc) is 2.84. The van der Waals surface area contributed by atoms with E-state index in [-0.39, 0.29) is 11.7 Å². The molecule has 0 radical (unpaired) electrons. The second-order valence-electron chi connectivity index (χ2n) is 9.19. The maximum absolute atomic E-state index is 13.5. The predicted octanol–water partition coefficient (Wildman–Crippen LogP) is 4.84. The van der Waals surface area contributed by atoms with E-state index in [1.54, 1.807) is 24.3 Å². The van der Waals surface area contributed by atoms with E-state index in [9.17, 15) is 31.8 Å². The van der Waals surface area contributed by atoms with Gasteiger partial charge in [-0.3, -0.25) is 18.6 Å². The molecule has 7 nitrogen and oxygen atoms in total. The SMILES string of the molecule is Cc1ccc(NC(=O)C[S@@](=O)CC(=O)N(CC(=O)NC2CCCCC2)c2ccc(Cl)c(C(F)(F)F)c2)cc1. The van der Waals surface area contributed by atoms with E-state index in [4.69, 9.17) is 11.6 Å². The average molecular weight is 572 g/mol. The summed E-state index contributed by atoms with van der Waals surface area (Å²) in [6.45, 7) is 1.31. The fraction of sp³-hybridized carbons (Fsp3) is 0.423. The van der Waals surface area contributed by atoms with Gasteiger partial charge in [0.1, 0.15) is 18.1 Å². The molecule has 0 bridgehead atoms. The van der Waals surface area contributed by atoms with Crippen molar-refractivity contribution in [3.05, 3.63) is 58.6 Å². The molecule has 0 unspecified atom stereocenters. The Balaban J connectivity index is 1.73. The molecule has 1 aliphatic carbocycles. The first-order valence-electron chi connectivity index (χ1n) is 12.1. The Hall–Kier alpha value is -2.92. The summed E-state index contributed by atoms with van der Waals surface area (Å²) in [4.78, 5) is 39.0. The Morgan fingerprint density at radius 2 is 1.66 bits per heavy atom. The fourth-order valence-corrected chi connectivity index (χ4v) is 5.26. The number of halogens is 4. The molecule has 206 valence electrons. The molecular formula is C26H29ClF3N3O4S. The van der Waals surface area contributed by atoms with Crippen molar-refractivity contribution in [2.24, 2.45) is 0 Å². The molecule has 0 aliphatic heterocycles. The van der Waals surface area contributed by atoms with Crippen LogP contribution in [0.5, 0.6) is 0 Å². The van der Waals surface area contributed by atoms with E-state index < -0.39 is 63.3 Å². The number of alkyl halides is 3. The highest BCUT2D eigenvalue weighted by atomic mass is 35.5. The van der Waals surface area contributed by atoms with Gasteiger partial charge in [-0.15, -0.1) is 0 Å². The molecule has 2 aromatic carbocycles. The van der Waals surface area contributed by atoms with E-state index in [1.807, 2.05) is 6.92 Å². The summed E-state index contributed by atoms with van der Waals surface area (Å²) in [5.74, 6) is -3.16. The lowest BCUT2D eigenvalue weighted by Crippen LogP contribution is -2.46. The third-order valence-electron chi connectivity index (χ3n) is 6.05. The standard InChI is InChI=1S/C26H29ClF3N3O4S/c1-17-7-9-19(10-8-17)32-24(35)15-38(37)16-25(36)33(14-23(34)31-18-5-3-2-4-6-18)20-11-12-22(27)21(13-20)26(28,29)30/h7-13,18H,2-6,14-16H2,1H3,(H,31,34)(H,32,35)/t38-/m1/s1. The lowest BCUT2D eigenvalue weighted by atomic mass is 9.95. The van der Waals surface area contributed by atoms with Crippen LogP contribution in [0.15, 0.2) is 42.5 Å². The molecule has 1 atom stereocenters. The fourth-order valence-electron chi connectivity index (χ4n) is 4.13. The molecule has 38 heavy (non-hydrogen) atoms. The van der Waals surface area contributed by atoms with Gasteiger partial charge in [-0.05, 0) is 50.1 Å². The van der Waals surface area contributed by atoms with Crippen LogP contribution in [-0.4, -0.2) is 46.0 Å². The highest BCUT2D eigenvalue weighted by Crippen LogP contribution is 2.37. The van der Waals surface area contributed by atoms with Crippen molar-refractivity contribution in [3.8, 4) is 0 Å². The van der Waals surface area contributed by atoms with Crippen LogP contribution in [-0.2, 0) is 31.4 Å². The predicted molar refractivity (Wildman–Crippen MR) is 142 cm³/mol. The van der Waals surface area contributed by atoms with Gasteiger partial charge in [0.05, 0.1) is 10.6 Å². The molecule has 3 amide bonds. The lowest BCUT2D eigenvalue weighted by molar-refractivity contribution is -0.137. The highest BCUT2D eigenvalue weighted by molar-refractivity contribution is 7.86. The molecule has 0 saturated heterocycles. The van der Waals surface area contributed by atoms with Gasteiger partial charge < -0.3 is 15.5 Å². The van der Waals surface area contributed by atoms with E-state index in [2.05, 4.69) is 10.6 Å². The first-order chi connectivity index (χ1) is 17.9. The van der Waals surface area contributed by atoms with Crippen LogP contribution in [0.1, 0.15) is 43.2 Å². The number of aryl methyl sites for hydroxylation is 1. The van der Waals surface area contributed by atoms with Gasteiger partial charge in [0.25, 0.3) is 0 Å². The number of amides is 3. The van der Waals surface area contributed by atoms with Crippen LogP contribution in [0, 0.1) is 6.92 Å². The van der Waals surface area contributed by atoms with Crippen molar-refractivity contribution < 1.29 is 31.8 Å². The zero-order valence-corrected chi connectivity index (χ0v) is 22.3. The van der Waals surface area contributed by atoms with Crippen LogP contribution >= 0.6 is 11.6 Å². The molecule has 2 aromatic rings. The van der Waals surface area contributed by atoms with E-state index >= 15 is 0 Å². The zero-order chi connectivity index (χ0) is 27.9. The van der Waals surface area contributed by atoms with Gasteiger partial charge in [-0.2, -0.15) is 13.2 Å². The minimum absolute atomic E-state index is 0.0799. The summed E-state index contributed by atoms with van der Waals surface area (Å²) in [6, 6.07) is 9.70. The van der Waals surface area contributed by atoms with E-state index in [0.717, 1.165) is 48.6 Å². The van der Waals surface area contributed by atoms with Crippen LogP contribution in [0.3, 0.4) is 0 Å². The molecular weight excluding hydrogens is 543 g/mol. The number of benzene rings is 2. The van der Waals surface area contributed by atoms with Crippen molar-refractivity contribution in [1.82, 2.24) is 5.32 Å². The summed E-state index contributed by atoms with van der Waals surface area (Å²) in [7, 11) is -1.98. The van der Waals surface area contributed by atoms with Crippen LogP contribution in [0.4, 0.5) is 24.5 Å². The van der Waals surface area contributed by atoms with Crippen molar-refractivity contribution in [2.75, 3.05) is 28.3 Å². The third-order valence-corrected chi connectivity index (χ3v) is 7.53. The Bertz CT molecular complexity index is 1190. The van der Waals surface area contributed by atoms with Crippen molar-refractivity contribution in [1.29, 1.82) is 0 Å². The van der Waals surface area contributed by atoms with Crippen molar-refractivity contribution in [2.45, 2.75) is 51.2 Å². The van der Waals surface area contributed by atoms with Crippen molar-refractivity contribution >= 4 is 51.5 Å². The molecule has 3 rings (SSSR count). The maximum atomic E-state index is 13.5. The number of carbonyl (C=O) groups is 3. The van der Waals surface area contributed by atoms with Gasteiger partial charge in [0.15, 0.2) is 0 Å². The summed E-state index contributed by atoms with van der Waals surface area (Å²) < 4.78 is 53.0. The number of carbonyl (C=O) groups excluding carboxylic acids is 3. The van der Waals surface area contributed by atoms with Gasteiger partial charge in [-0.1, -0.05) is 48.6 Å². The van der Waals surface area contributed by atoms with E-state index in [1.165, 1.54) is 6.07 Å². The number of hydrogen-bond donors (Lipinski definition) is 2. The molecule has 12 heteroatoms. The second kappa shape index (κ2) is 13.2. The number of anilines is 2. The minimum atomic E-state index is -4.79. The normalized spacial score (nSPS) is 15.0. The summed E-state index contributed by atoms with van der Waals surface area (Å²) in [5, 5.41) is 4.85. The molecule has 2 N–H and O–H groups in total. The van der Waals surface area contributed by atoms with Crippen LogP contribution < -0.4 is 15.5 Å². The van der Waals surface area contributed by atoms with E-state index in [0.29, 0.717) is 11.8 Å². The highest BCUT2D eigenvalue weighted by Gasteiger charge is 2.34. The quantitative estimate of drug-likeness (QED) is 0.450. The monoisotopic (exact) mass is 571 g/mol. The summed E-state index contributed by atoms with van der Waals surface area (Å²) in [5.41, 5.74) is 0.0961. The Morgan fingerprint density at radius 3 is 2.29 bits per heavy atom. The smallest absolute Gasteiger partial charge is 0.352 e. The number of nitrogens with zero attached hydrogens (tertiary/aromatic N) is 1. The summed E-state index contributed by atoms with van der Waals surface area (Å²) in [6.07, 6.45) is -0.279. The zero-order valence-electron chi connectivity index (χ0n) is 20.8.